The van der Waals surface area contributed by atoms with Gasteiger partial charge in [0.2, 0.25) is 0 Å². The van der Waals surface area contributed by atoms with Crippen molar-refractivity contribution in [3.63, 3.8) is 0 Å². The molecule has 0 fully saturated rings. The van der Waals surface area contributed by atoms with Crippen molar-refractivity contribution in [2.24, 2.45) is 12.9 Å². The van der Waals surface area contributed by atoms with Crippen molar-refractivity contribution >= 4 is 17.7 Å². The summed E-state index contributed by atoms with van der Waals surface area (Å²) < 4.78 is 7.00. The van der Waals surface area contributed by atoms with Crippen LogP contribution in [-0.4, -0.2) is 15.5 Å². The molecule has 2 heterocycles. The number of aromatic nitrogens is 2. The topological polar surface area (TPSA) is 86.1 Å². The first kappa shape index (κ1) is 11.7. The Labute approximate surface area is 102 Å². The first-order chi connectivity index (χ1) is 8.22. The molecule has 0 unspecified atom stereocenters. The van der Waals surface area contributed by atoms with Crippen LogP contribution in [0.2, 0.25) is 0 Å². The van der Waals surface area contributed by atoms with E-state index in [1.165, 1.54) is 18.0 Å². The molecule has 17 heavy (non-hydrogen) atoms. The number of rotatable bonds is 4. The van der Waals surface area contributed by atoms with Gasteiger partial charge in [0.15, 0.2) is 10.9 Å². The highest BCUT2D eigenvalue weighted by atomic mass is 32.2. The summed E-state index contributed by atoms with van der Waals surface area (Å²) in [5, 5.41) is 0.880. The van der Waals surface area contributed by atoms with E-state index in [-0.39, 0.29) is 5.76 Å². The molecule has 0 aliphatic heterocycles. The van der Waals surface area contributed by atoms with Gasteiger partial charge >= 0.3 is 5.91 Å². The van der Waals surface area contributed by atoms with Crippen LogP contribution in [-0.2, 0) is 12.8 Å². The van der Waals surface area contributed by atoms with E-state index >= 15 is 0 Å². The Bertz CT molecular complexity index is 520. The monoisotopic (exact) mass is 252 g/mol. The molecule has 0 aliphatic carbocycles. The fourth-order valence-electron chi connectivity index (χ4n) is 1.35. The summed E-state index contributed by atoms with van der Waals surface area (Å²) >= 11 is 1.52. The molecule has 6 nitrogen and oxygen atoms in total. The van der Waals surface area contributed by atoms with Gasteiger partial charge in [-0.2, -0.15) is 0 Å². The maximum absolute atomic E-state index is 11.4. The van der Waals surface area contributed by atoms with Crippen molar-refractivity contribution in [2.45, 2.75) is 10.9 Å². The lowest BCUT2D eigenvalue weighted by Gasteiger charge is -2.02. The number of amides is 1. The highest BCUT2D eigenvalue weighted by Gasteiger charge is 2.14. The minimum atomic E-state index is -0.426. The standard InChI is InChI=1S/C10H12N4O2S/c1-14-4-3-12-10(14)17-6-7-2-5-16-8(7)9(15)13-11/h2-5H,6,11H2,1H3,(H,13,15). The van der Waals surface area contributed by atoms with Crippen molar-refractivity contribution in [3.8, 4) is 0 Å². The van der Waals surface area contributed by atoms with Gasteiger partial charge < -0.3 is 8.98 Å². The fourth-order valence-corrected chi connectivity index (χ4v) is 2.26. The van der Waals surface area contributed by atoms with Crippen LogP contribution in [0.4, 0.5) is 0 Å². The Morgan fingerprint density at radius 2 is 2.53 bits per heavy atom. The zero-order valence-corrected chi connectivity index (χ0v) is 10.0. The Hall–Kier alpha value is -1.73. The molecule has 0 bridgehead atoms. The van der Waals surface area contributed by atoms with E-state index in [9.17, 15) is 4.79 Å². The van der Waals surface area contributed by atoms with Gasteiger partial charge in [0.1, 0.15) is 0 Å². The van der Waals surface area contributed by atoms with Gasteiger partial charge in [0.25, 0.3) is 0 Å². The molecule has 2 rings (SSSR count). The number of hydrazine groups is 1. The molecule has 2 aromatic rings. The molecule has 0 saturated carbocycles. The van der Waals surface area contributed by atoms with E-state index in [2.05, 4.69) is 4.98 Å². The Morgan fingerprint density at radius 1 is 1.71 bits per heavy atom. The second-order valence-electron chi connectivity index (χ2n) is 3.36. The van der Waals surface area contributed by atoms with Crippen LogP contribution >= 0.6 is 11.8 Å². The van der Waals surface area contributed by atoms with Crippen LogP contribution in [0.5, 0.6) is 0 Å². The van der Waals surface area contributed by atoms with Gasteiger partial charge in [0, 0.05) is 30.8 Å². The molecule has 90 valence electrons. The zero-order chi connectivity index (χ0) is 12.3. The van der Waals surface area contributed by atoms with E-state index in [0.717, 1.165) is 10.7 Å². The Kier molecular flexibility index (Phi) is 3.50. The van der Waals surface area contributed by atoms with E-state index in [0.29, 0.717) is 5.75 Å². The van der Waals surface area contributed by atoms with Crippen LogP contribution in [0.15, 0.2) is 34.3 Å². The Balaban J connectivity index is 2.07. The van der Waals surface area contributed by atoms with Crippen LogP contribution in [0, 0.1) is 0 Å². The molecule has 0 aromatic carbocycles. The lowest BCUT2D eigenvalue weighted by molar-refractivity contribution is 0.0925. The smallest absolute Gasteiger partial charge is 0.301 e. The minimum absolute atomic E-state index is 0.245. The summed E-state index contributed by atoms with van der Waals surface area (Å²) in [5.74, 6) is 5.48. The quantitative estimate of drug-likeness (QED) is 0.365. The van der Waals surface area contributed by atoms with Gasteiger partial charge in [-0.25, -0.2) is 10.8 Å². The van der Waals surface area contributed by atoms with Crippen molar-refractivity contribution in [1.29, 1.82) is 0 Å². The number of imidazole rings is 1. The van der Waals surface area contributed by atoms with E-state index in [4.69, 9.17) is 10.3 Å². The number of furan rings is 1. The molecular weight excluding hydrogens is 240 g/mol. The maximum Gasteiger partial charge on any atom is 0.301 e. The molecular formula is C10H12N4O2S. The van der Waals surface area contributed by atoms with Crippen molar-refractivity contribution in [3.05, 3.63) is 36.0 Å². The summed E-state index contributed by atoms with van der Waals surface area (Å²) in [7, 11) is 1.91. The van der Waals surface area contributed by atoms with Crippen LogP contribution < -0.4 is 11.3 Å². The zero-order valence-electron chi connectivity index (χ0n) is 9.21. The number of aryl methyl sites for hydroxylation is 1. The normalized spacial score (nSPS) is 10.5. The van der Waals surface area contributed by atoms with Crippen LogP contribution in [0.1, 0.15) is 16.1 Å². The first-order valence-electron chi connectivity index (χ1n) is 4.90. The minimum Gasteiger partial charge on any atom is -0.459 e. The number of carbonyl (C=O) groups excluding carboxylic acids is 1. The van der Waals surface area contributed by atoms with Gasteiger partial charge in [-0.15, -0.1) is 0 Å². The third-order valence-corrected chi connectivity index (χ3v) is 3.32. The third-order valence-electron chi connectivity index (χ3n) is 2.22. The fraction of sp³-hybridized carbons (Fsp3) is 0.200. The largest absolute Gasteiger partial charge is 0.459 e. The number of carbonyl (C=O) groups is 1. The second-order valence-corrected chi connectivity index (χ2v) is 4.30. The molecule has 0 radical (unpaired) electrons. The third kappa shape index (κ3) is 2.51. The van der Waals surface area contributed by atoms with Gasteiger partial charge in [-0.1, -0.05) is 11.8 Å². The van der Waals surface area contributed by atoms with Gasteiger partial charge in [-0.3, -0.25) is 10.2 Å². The summed E-state index contributed by atoms with van der Waals surface area (Å²) in [6.07, 6.45) is 5.06. The number of hydrogen-bond acceptors (Lipinski definition) is 5. The number of nitrogens with two attached hydrogens (primary N) is 1. The predicted octanol–water partition coefficient (Wildman–Crippen LogP) is 0.909. The average molecular weight is 252 g/mol. The molecule has 1 amide bonds. The van der Waals surface area contributed by atoms with E-state index in [1.807, 2.05) is 23.2 Å². The van der Waals surface area contributed by atoms with Crippen molar-refractivity contribution in [1.82, 2.24) is 15.0 Å². The Morgan fingerprint density at radius 3 is 3.18 bits per heavy atom. The molecule has 0 saturated heterocycles. The van der Waals surface area contributed by atoms with E-state index < -0.39 is 5.91 Å². The molecule has 0 aliphatic rings. The molecule has 7 heteroatoms. The summed E-state index contributed by atoms with van der Waals surface area (Å²) in [6, 6.07) is 1.75. The lowest BCUT2D eigenvalue weighted by Crippen LogP contribution is -2.30. The summed E-state index contributed by atoms with van der Waals surface area (Å²) in [5.41, 5.74) is 2.84. The van der Waals surface area contributed by atoms with Crippen LogP contribution in [0.3, 0.4) is 0 Å². The highest BCUT2D eigenvalue weighted by molar-refractivity contribution is 7.98. The highest BCUT2D eigenvalue weighted by Crippen LogP contribution is 2.23. The maximum atomic E-state index is 11.4. The van der Waals surface area contributed by atoms with Gasteiger partial charge in [0.05, 0.1) is 6.26 Å². The average Bonchev–Trinajstić information content (AvgIpc) is 2.94. The van der Waals surface area contributed by atoms with Crippen molar-refractivity contribution < 1.29 is 9.21 Å². The van der Waals surface area contributed by atoms with Gasteiger partial charge in [-0.05, 0) is 6.07 Å². The molecule has 2 aromatic heterocycles. The summed E-state index contributed by atoms with van der Waals surface area (Å²) in [4.78, 5) is 15.5. The molecule has 3 N–H and O–H groups in total. The van der Waals surface area contributed by atoms with Crippen molar-refractivity contribution in [2.75, 3.05) is 0 Å². The number of nitrogens with one attached hydrogen (secondary N) is 1. The molecule has 0 spiro atoms. The lowest BCUT2D eigenvalue weighted by atomic mass is 10.3. The number of nitrogens with zero attached hydrogens (tertiary/aromatic N) is 2. The molecule has 0 atom stereocenters. The number of hydrogen-bond donors (Lipinski definition) is 2. The summed E-state index contributed by atoms with van der Waals surface area (Å²) in [6.45, 7) is 0. The second kappa shape index (κ2) is 5.07. The van der Waals surface area contributed by atoms with E-state index in [1.54, 1.807) is 12.3 Å². The van der Waals surface area contributed by atoms with Crippen LogP contribution in [0.25, 0.3) is 0 Å². The number of thioether (sulfide) groups is 1. The predicted molar refractivity (Wildman–Crippen MR) is 63.1 cm³/mol. The number of nitrogen functional groups attached to an aromatic ring is 1. The first-order valence-corrected chi connectivity index (χ1v) is 5.88. The SMILES string of the molecule is Cn1ccnc1SCc1ccoc1C(=O)NN.